The van der Waals surface area contributed by atoms with Crippen LogP contribution in [0.2, 0.25) is 0 Å². The maximum absolute atomic E-state index is 13.0. The lowest BCUT2D eigenvalue weighted by Gasteiger charge is -2.03. The predicted molar refractivity (Wildman–Crippen MR) is 80.0 cm³/mol. The third-order valence-corrected chi connectivity index (χ3v) is 4.96. The highest BCUT2D eigenvalue weighted by Gasteiger charge is 2.06. The van der Waals surface area contributed by atoms with Crippen LogP contribution in [-0.4, -0.2) is 4.98 Å². The predicted octanol–water partition coefficient (Wildman–Crippen LogP) is 4.31. The van der Waals surface area contributed by atoms with Gasteiger partial charge in [0.05, 0.1) is 10.2 Å². The molecular formula is C14H11FN2S2. The Hall–Kier alpha value is -1.59. The summed E-state index contributed by atoms with van der Waals surface area (Å²) in [6.07, 6.45) is 0. The molecule has 0 fully saturated rings. The van der Waals surface area contributed by atoms with Crippen molar-refractivity contribution in [2.45, 2.75) is 10.1 Å². The average Bonchev–Trinajstić information content (AvgIpc) is 2.80. The molecule has 0 radical (unpaired) electrons. The van der Waals surface area contributed by atoms with Crippen molar-refractivity contribution in [2.24, 2.45) is 0 Å². The number of thiazole rings is 1. The summed E-state index contributed by atoms with van der Waals surface area (Å²) in [4.78, 5) is 4.54. The van der Waals surface area contributed by atoms with Crippen LogP contribution in [0.3, 0.4) is 0 Å². The molecule has 0 unspecified atom stereocenters. The van der Waals surface area contributed by atoms with E-state index >= 15 is 0 Å². The third-order valence-electron chi connectivity index (χ3n) is 2.73. The molecule has 5 heteroatoms. The van der Waals surface area contributed by atoms with Gasteiger partial charge < -0.3 is 5.73 Å². The molecule has 0 atom stereocenters. The summed E-state index contributed by atoms with van der Waals surface area (Å²) in [5.74, 6) is 0.401. The van der Waals surface area contributed by atoms with Crippen molar-refractivity contribution in [2.75, 3.05) is 5.73 Å². The fraction of sp³-hybridized carbons (Fsp3) is 0.0714. The number of aromatic nitrogens is 1. The van der Waals surface area contributed by atoms with Gasteiger partial charge in [-0.15, -0.1) is 11.3 Å². The molecule has 2 N–H and O–H groups in total. The third kappa shape index (κ3) is 2.72. The number of nitrogens with zero attached hydrogens (tertiary/aromatic N) is 1. The monoisotopic (exact) mass is 290 g/mol. The van der Waals surface area contributed by atoms with Crippen molar-refractivity contribution < 1.29 is 4.39 Å². The standard InChI is InChI=1S/C14H11FN2S2/c15-10-6-5-9(11(16)7-10)8-18-14-17-12-3-1-2-4-13(12)19-14/h1-7H,8,16H2. The quantitative estimate of drug-likeness (QED) is 0.577. The Morgan fingerprint density at radius 1 is 1.21 bits per heavy atom. The molecule has 0 aliphatic carbocycles. The zero-order valence-electron chi connectivity index (χ0n) is 9.97. The Bertz CT molecular complexity index is 691. The first kappa shape index (κ1) is 12.4. The smallest absolute Gasteiger partial charge is 0.151 e. The fourth-order valence-electron chi connectivity index (χ4n) is 1.75. The Labute approximate surface area is 118 Å². The molecule has 0 amide bonds. The number of halogens is 1. The number of benzene rings is 2. The zero-order chi connectivity index (χ0) is 13.2. The molecule has 1 aromatic heterocycles. The molecule has 0 saturated carbocycles. The average molecular weight is 290 g/mol. The number of hydrogen-bond donors (Lipinski definition) is 1. The van der Waals surface area contributed by atoms with Crippen molar-refractivity contribution in [1.29, 1.82) is 0 Å². The topological polar surface area (TPSA) is 38.9 Å². The van der Waals surface area contributed by atoms with Crippen molar-refractivity contribution in [3.63, 3.8) is 0 Å². The number of nitrogen functional groups attached to an aromatic ring is 1. The summed E-state index contributed by atoms with van der Waals surface area (Å²) in [5.41, 5.74) is 8.24. The van der Waals surface area contributed by atoms with Gasteiger partial charge in [-0.3, -0.25) is 0 Å². The number of thioether (sulfide) groups is 1. The molecule has 19 heavy (non-hydrogen) atoms. The molecule has 2 aromatic carbocycles. The summed E-state index contributed by atoms with van der Waals surface area (Å²) < 4.78 is 15.1. The fourth-order valence-corrected chi connectivity index (χ4v) is 3.83. The first-order valence-electron chi connectivity index (χ1n) is 5.74. The van der Waals surface area contributed by atoms with Crippen LogP contribution in [0.5, 0.6) is 0 Å². The van der Waals surface area contributed by atoms with E-state index in [1.54, 1.807) is 29.2 Å². The van der Waals surface area contributed by atoms with Crippen LogP contribution in [0.25, 0.3) is 10.2 Å². The number of hydrogen-bond acceptors (Lipinski definition) is 4. The number of nitrogens with two attached hydrogens (primary N) is 1. The summed E-state index contributed by atoms with van der Waals surface area (Å²) in [6.45, 7) is 0. The lowest BCUT2D eigenvalue weighted by Crippen LogP contribution is -1.93. The van der Waals surface area contributed by atoms with Crippen LogP contribution in [0.4, 0.5) is 10.1 Å². The van der Waals surface area contributed by atoms with Crippen molar-refractivity contribution >= 4 is 39.0 Å². The molecule has 0 spiro atoms. The van der Waals surface area contributed by atoms with Gasteiger partial charge in [-0.05, 0) is 29.8 Å². The number of anilines is 1. The Morgan fingerprint density at radius 2 is 2.05 bits per heavy atom. The van der Waals surface area contributed by atoms with E-state index in [2.05, 4.69) is 11.1 Å². The van der Waals surface area contributed by atoms with Gasteiger partial charge in [0.1, 0.15) is 5.82 Å². The van der Waals surface area contributed by atoms with Gasteiger partial charge in [-0.25, -0.2) is 9.37 Å². The van der Waals surface area contributed by atoms with Gasteiger partial charge >= 0.3 is 0 Å². The highest BCUT2D eigenvalue weighted by Crippen LogP contribution is 2.32. The van der Waals surface area contributed by atoms with Gasteiger partial charge in [-0.1, -0.05) is 30.0 Å². The van der Waals surface area contributed by atoms with Crippen molar-refractivity contribution in [3.05, 3.63) is 53.8 Å². The lowest BCUT2D eigenvalue weighted by atomic mass is 10.2. The Kier molecular flexibility index (Phi) is 3.40. The SMILES string of the molecule is Nc1cc(F)ccc1CSc1nc2ccccc2s1. The summed E-state index contributed by atoms with van der Waals surface area (Å²) in [7, 11) is 0. The molecule has 3 aromatic rings. The van der Waals surface area contributed by atoms with Crippen LogP contribution in [0.1, 0.15) is 5.56 Å². The molecule has 3 rings (SSSR count). The minimum atomic E-state index is -0.300. The van der Waals surface area contributed by atoms with E-state index in [0.29, 0.717) is 11.4 Å². The first-order chi connectivity index (χ1) is 9.22. The Balaban J connectivity index is 1.78. The van der Waals surface area contributed by atoms with Gasteiger partial charge in [0, 0.05) is 11.4 Å². The molecular weight excluding hydrogens is 279 g/mol. The molecule has 2 nitrogen and oxygen atoms in total. The van der Waals surface area contributed by atoms with Crippen LogP contribution in [-0.2, 0) is 5.75 Å². The number of rotatable bonds is 3. The van der Waals surface area contributed by atoms with E-state index in [-0.39, 0.29) is 5.82 Å². The minimum Gasteiger partial charge on any atom is -0.398 e. The van der Waals surface area contributed by atoms with Crippen molar-refractivity contribution in [1.82, 2.24) is 4.98 Å². The molecule has 0 aliphatic heterocycles. The minimum absolute atomic E-state index is 0.300. The van der Waals surface area contributed by atoms with Gasteiger partial charge in [0.25, 0.3) is 0 Å². The first-order valence-corrected chi connectivity index (χ1v) is 7.55. The molecule has 1 heterocycles. The van der Waals surface area contributed by atoms with Crippen LogP contribution >= 0.6 is 23.1 Å². The molecule has 0 saturated heterocycles. The summed E-state index contributed by atoms with van der Waals surface area (Å²) in [6, 6.07) is 12.6. The maximum atomic E-state index is 13.0. The van der Waals surface area contributed by atoms with Crippen LogP contribution in [0.15, 0.2) is 46.8 Å². The van der Waals surface area contributed by atoms with E-state index in [9.17, 15) is 4.39 Å². The van der Waals surface area contributed by atoms with E-state index in [0.717, 1.165) is 15.4 Å². The normalized spacial score (nSPS) is 11.0. The molecule has 0 bridgehead atoms. The van der Waals surface area contributed by atoms with Crippen LogP contribution in [0, 0.1) is 5.82 Å². The van der Waals surface area contributed by atoms with E-state index in [1.165, 1.54) is 16.8 Å². The molecule has 0 aliphatic rings. The van der Waals surface area contributed by atoms with Gasteiger partial charge in [0.15, 0.2) is 4.34 Å². The molecule has 96 valence electrons. The highest BCUT2D eigenvalue weighted by molar-refractivity contribution is 8.00. The Morgan fingerprint density at radius 3 is 2.84 bits per heavy atom. The van der Waals surface area contributed by atoms with E-state index < -0.39 is 0 Å². The van der Waals surface area contributed by atoms with E-state index in [4.69, 9.17) is 5.73 Å². The maximum Gasteiger partial charge on any atom is 0.151 e. The lowest BCUT2D eigenvalue weighted by molar-refractivity contribution is 0.628. The number of para-hydroxylation sites is 1. The van der Waals surface area contributed by atoms with Gasteiger partial charge in [0.2, 0.25) is 0 Å². The summed E-state index contributed by atoms with van der Waals surface area (Å²) >= 11 is 3.29. The second-order valence-corrected chi connectivity index (χ2v) is 6.33. The number of fused-ring (bicyclic) bond motifs is 1. The van der Waals surface area contributed by atoms with Gasteiger partial charge in [-0.2, -0.15) is 0 Å². The summed E-state index contributed by atoms with van der Waals surface area (Å²) in [5, 5.41) is 0. The largest absolute Gasteiger partial charge is 0.398 e. The van der Waals surface area contributed by atoms with Crippen molar-refractivity contribution in [3.8, 4) is 0 Å². The van der Waals surface area contributed by atoms with Crippen LogP contribution < -0.4 is 5.73 Å². The zero-order valence-corrected chi connectivity index (χ0v) is 11.6. The second-order valence-electron chi connectivity index (χ2n) is 4.08. The second kappa shape index (κ2) is 5.19. The van der Waals surface area contributed by atoms with E-state index in [1.807, 2.05) is 18.2 Å². The highest BCUT2D eigenvalue weighted by atomic mass is 32.2.